The first-order chi connectivity index (χ1) is 18.0. The Kier molecular flexibility index (Phi) is 6.01. The van der Waals surface area contributed by atoms with Gasteiger partial charge in [-0.3, -0.25) is 9.36 Å². The van der Waals surface area contributed by atoms with Crippen LogP contribution in [0, 0.1) is 0 Å². The van der Waals surface area contributed by atoms with Crippen molar-refractivity contribution in [1.82, 2.24) is 4.57 Å². The molecule has 6 nitrogen and oxygen atoms in total. The van der Waals surface area contributed by atoms with E-state index in [9.17, 15) is 9.90 Å². The summed E-state index contributed by atoms with van der Waals surface area (Å²) < 4.78 is 13.9. The summed E-state index contributed by atoms with van der Waals surface area (Å²) in [6.07, 6.45) is 3.51. The third-order valence-electron chi connectivity index (χ3n) is 6.87. The molecular formula is C29H23BrN2O4S. The number of methoxy groups -OCH3 is 2. The second-order valence-corrected chi connectivity index (χ2v) is 10.8. The average molecular weight is 575 g/mol. The first-order valence-electron chi connectivity index (χ1n) is 11.8. The van der Waals surface area contributed by atoms with Crippen molar-refractivity contribution in [2.45, 2.75) is 18.9 Å². The van der Waals surface area contributed by atoms with E-state index in [1.54, 1.807) is 23.8 Å². The van der Waals surface area contributed by atoms with Crippen molar-refractivity contribution in [3.63, 3.8) is 0 Å². The monoisotopic (exact) mass is 574 g/mol. The van der Waals surface area contributed by atoms with E-state index in [4.69, 9.17) is 14.5 Å². The summed E-state index contributed by atoms with van der Waals surface area (Å²) in [5.41, 5.74) is 6.00. The Hall–Kier alpha value is -3.62. The van der Waals surface area contributed by atoms with Crippen molar-refractivity contribution in [3.8, 4) is 17.2 Å². The fraction of sp³-hybridized carbons (Fsp3) is 0.172. The Morgan fingerprint density at radius 3 is 2.62 bits per heavy atom. The summed E-state index contributed by atoms with van der Waals surface area (Å²) in [6.45, 7) is 0. The number of aryl methyl sites for hydroxylation is 1. The van der Waals surface area contributed by atoms with Gasteiger partial charge in [0.2, 0.25) is 0 Å². The summed E-state index contributed by atoms with van der Waals surface area (Å²) in [5, 5.41) is 10.2. The molecule has 2 heterocycles. The standard InChI is InChI=1S/C29H23BrN2O4S/c1-35-22-10-6-5-9-19(22)26-20-12-11-17-7-3-4-8-18(17)25(20)31-29-32(26)28(34)24(37-29)15-16-13-21(30)27(33)23(14-16)36-2/h3-10,13-15,26,33H,11-12H2,1-2H3. The second kappa shape index (κ2) is 9.36. The molecule has 8 heteroatoms. The van der Waals surface area contributed by atoms with Crippen LogP contribution >= 0.6 is 27.3 Å². The maximum Gasteiger partial charge on any atom is 0.271 e. The number of fused-ring (bicyclic) bond motifs is 3. The summed E-state index contributed by atoms with van der Waals surface area (Å²) in [5.74, 6) is 1.08. The number of ether oxygens (including phenoxy) is 2. The maximum atomic E-state index is 14.0. The van der Waals surface area contributed by atoms with Gasteiger partial charge in [-0.05, 0) is 69.7 Å². The molecule has 6 rings (SSSR count). The van der Waals surface area contributed by atoms with Crippen LogP contribution in [-0.4, -0.2) is 23.9 Å². The Bertz CT molecular complexity index is 1770. The van der Waals surface area contributed by atoms with Crippen LogP contribution in [0.5, 0.6) is 17.2 Å². The third-order valence-corrected chi connectivity index (χ3v) is 8.46. The molecule has 0 fully saturated rings. The first kappa shape index (κ1) is 23.8. The largest absolute Gasteiger partial charge is 0.503 e. The zero-order valence-corrected chi connectivity index (χ0v) is 22.6. The van der Waals surface area contributed by atoms with Gasteiger partial charge in [0.15, 0.2) is 16.3 Å². The molecule has 2 aliphatic rings. The van der Waals surface area contributed by atoms with Crippen molar-refractivity contribution in [2.75, 3.05) is 14.2 Å². The number of nitrogens with zero attached hydrogens (tertiary/aromatic N) is 2. The number of aromatic hydroxyl groups is 1. The number of para-hydroxylation sites is 1. The molecule has 1 aliphatic carbocycles. The highest BCUT2D eigenvalue weighted by Gasteiger charge is 2.34. The molecule has 0 bridgehead atoms. The van der Waals surface area contributed by atoms with Crippen LogP contribution in [0.4, 0.5) is 0 Å². The molecule has 1 unspecified atom stereocenters. The van der Waals surface area contributed by atoms with Gasteiger partial charge < -0.3 is 14.6 Å². The van der Waals surface area contributed by atoms with Crippen LogP contribution < -0.4 is 24.4 Å². The molecular weight excluding hydrogens is 552 g/mol. The van der Waals surface area contributed by atoms with Crippen LogP contribution in [0.25, 0.3) is 11.8 Å². The number of thiazole rings is 1. The maximum absolute atomic E-state index is 14.0. The lowest BCUT2D eigenvalue weighted by Crippen LogP contribution is -2.39. The van der Waals surface area contributed by atoms with Gasteiger partial charge in [-0.2, -0.15) is 0 Å². The van der Waals surface area contributed by atoms with Crippen molar-refractivity contribution in [3.05, 3.63) is 113 Å². The van der Waals surface area contributed by atoms with Gasteiger partial charge in [0.25, 0.3) is 5.56 Å². The Morgan fingerprint density at radius 2 is 1.81 bits per heavy atom. The van der Waals surface area contributed by atoms with Gasteiger partial charge in [-0.1, -0.05) is 53.8 Å². The van der Waals surface area contributed by atoms with Gasteiger partial charge in [-0.25, -0.2) is 4.99 Å². The molecule has 1 aromatic heterocycles. The minimum absolute atomic E-state index is 0.0172. The van der Waals surface area contributed by atoms with Gasteiger partial charge in [0.05, 0.1) is 35.0 Å². The summed E-state index contributed by atoms with van der Waals surface area (Å²) in [4.78, 5) is 19.7. The molecule has 0 amide bonds. The van der Waals surface area contributed by atoms with E-state index in [0.717, 1.165) is 46.6 Å². The number of rotatable bonds is 4. The topological polar surface area (TPSA) is 73.1 Å². The van der Waals surface area contributed by atoms with E-state index in [2.05, 4.69) is 34.1 Å². The lowest BCUT2D eigenvalue weighted by Gasteiger charge is -2.31. The molecule has 186 valence electrons. The molecule has 0 saturated carbocycles. The summed E-state index contributed by atoms with van der Waals surface area (Å²) in [6, 6.07) is 19.4. The van der Waals surface area contributed by atoms with E-state index in [-0.39, 0.29) is 17.4 Å². The minimum Gasteiger partial charge on any atom is -0.503 e. The van der Waals surface area contributed by atoms with Crippen LogP contribution in [0.1, 0.15) is 34.7 Å². The fourth-order valence-electron chi connectivity index (χ4n) is 5.18. The van der Waals surface area contributed by atoms with Gasteiger partial charge >= 0.3 is 0 Å². The fourth-order valence-corrected chi connectivity index (χ4v) is 6.64. The van der Waals surface area contributed by atoms with Gasteiger partial charge in [-0.15, -0.1) is 0 Å². The zero-order valence-electron chi connectivity index (χ0n) is 20.2. The Labute approximate surface area is 225 Å². The molecule has 4 aromatic rings. The molecule has 1 atom stereocenters. The number of hydrogen-bond donors (Lipinski definition) is 1. The van der Waals surface area contributed by atoms with Gasteiger partial charge in [0, 0.05) is 11.1 Å². The number of halogens is 1. The highest BCUT2D eigenvalue weighted by atomic mass is 79.9. The smallest absolute Gasteiger partial charge is 0.271 e. The molecule has 37 heavy (non-hydrogen) atoms. The number of hydrogen-bond acceptors (Lipinski definition) is 6. The number of phenols is 1. The number of allylic oxidation sites excluding steroid dienone is 1. The Morgan fingerprint density at radius 1 is 1.05 bits per heavy atom. The van der Waals surface area contributed by atoms with Gasteiger partial charge in [0.1, 0.15) is 5.75 Å². The predicted octanol–water partition coefficient (Wildman–Crippen LogP) is 4.80. The number of benzene rings is 3. The lowest BCUT2D eigenvalue weighted by atomic mass is 9.83. The van der Waals surface area contributed by atoms with Crippen molar-refractivity contribution >= 4 is 39.0 Å². The van der Waals surface area contributed by atoms with Crippen LogP contribution in [-0.2, 0) is 6.42 Å². The van der Waals surface area contributed by atoms with E-state index in [1.807, 2.05) is 36.4 Å². The van der Waals surface area contributed by atoms with Crippen LogP contribution in [0.15, 0.2) is 80.5 Å². The summed E-state index contributed by atoms with van der Waals surface area (Å²) >= 11 is 4.73. The predicted molar refractivity (Wildman–Crippen MR) is 148 cm³/mol. The quantitative estimate of drug-likeness (QED) is 0.380. The normalized spacial score (nSPS) is 16.5. The van der Waals surface area contributed by atoms with E-state index in [1.165, 1.54) is 24.0 Å². The van der Waals surface area contributed by atoms with Crippen molar-refractivity contribution in [1.29, 1.82) is 0 Å². The highest BCUT2D eigenvalue weighted by molar-refractivity contribution is 9.10. The van der Waals surface area contributed by atoms with E-state index >= 15 is 0 Å². The van der Waals surface area contributed by atoms with Crippen LogP contribution in [0.3, 0.4) is 0 Å². The molecule has 0 spiro atoms. The summed E-state index contributed by atoms with van der Waals surface area (Å²) in [7, 11) is 3.15. The van der Waals surface area contributed by atoms with E-state index in [0.29, 0.717) is 19.6 Å². The molecule has 1 aliphatic heterocycles. The third kappa shape index (κ3) is 3.91. The Balaban J connectivity index is 1.63. The van der Waals surface area contributed by atoms with Crippen molar-refractivity contribution in [2.24, 2.45) is 4.99 Å². The molecule has 0 saturated heterocycles. The minimum atomic E-state index is -0.320. The SMILES string of the molecule is COc1ccccc1C1C2=C(N=c3sc(=Cc4cc(Br)c(O)c(OC)c4)c(=O)n31)c1ccccc1CC2. The van der Waals surface area contributed by atoms with E-state index < -0.39 is 0 Å². The molecule has 1 N–H and O–H groups in total. The average Bonchev–Trinajstić information content (AvgIpc) is 3.23. The zero-order chi connectivity index (χ0) is 25.7. The molecule has 3 aromatic carbocycles. The van der Waals surface area contributed by atoms with Crippen LogP contribution in [0.2, 0.25) is 0 Å². The second-order valence-electron chi connectivity index (χ2n) is 8.91. The first-order valence-corrected chi connectivity index (χ1v) is 13.4. The number of aromatic nitrogens is 1. The molecule has 0 radical (unpaired) electrons. The lowest BCUT2D eigenvalue weighted by molar-refractivity contribution is 0.372. The van der Waals surface area contributed by atoms with Crippen molar-refractivity contribution < 1.29 is 14.6 Å². The highest BCUT2D eigenvalue weighted by Crippen LogP contribution is 2.43. The number of phenolic OH excluding ortho intramolecular Hbond substituents is 1.